The summed E-state index contributed by atoms with van der Waals surface area (Å²) in [5.41, 5.74) is 2.42. The Morgan fingerprint density at radius 2 is 1.57 bits per heavy atom. The summed E-state index contributed by atoms with van der Waals surface area (Å²) in [5, 5.41) is 0.292. The van der Waals surface area contributed by atoms with Crippen LogP contribution in [0.25, 0.3) is 0 Å². The van der Waals surface area contributed by atoms with E-state index in [1.165, 1.54) is 69.8 Å². The molecular weight excluding hydrogens is 468 g/mol. The van der Waals surface area contributed by atoms with Crippen molar-refractivity contribution in [3.05, 3.63) is 35.9 Å². The Labute approximate surface area is 229 Å². The van der Waals surface area contributed by atoms with E-state index in [0.717, 1.165) is 30.1 Å². The van der Waals surface area contributed by atoms with E-state index in [4.69, 9.17) is 9.16 Å². The molecule has 4 aliphatic carbocycles. The van der Waals surface area contributed by atoms with Crippen molar-refractivity contribution in [2.75, 3.05) is 7.11 Å². The zero-order valence-electron chi connectivity index (χ0n) is 25.4. The number of methoxy groups -OCH3 is 1. The third-order valence-corrected chi connectivity index (χ3v) is 17.6. The van der Waals surface area contributed by atoms with Gasteiger partial charge in [0.1, 0.15) is 0 Å². The minimum Gasteiger partial charge on any atom is -0.413 e. The second-order valence-corrected chi connectivity index (χ2v) is 20.5. The fraction of sp³-hybridized carbons (Fsp3) is 0.824. The predicted octanol–water partition coefficient (Wildman–Crippen LogP) is 9.44. The molecule has 4 fully saturated rings. The second kappa shape index (κ2) is 9.77. The molecule has 8 atom stereocenters. The standard InChI is InChI=1S/C34H56O2Si/c1-31(2,3)37(7,8)36-30-17-16-28-27-15-14-26-24-34(35-6,21-18-25-12-10-9-11-13-25)23-22-32(26,4)29(27)19-20-33(28,30)5/h9-13,26-30H,14-24H2,1-8H3/t26?,27-,28-,29-,30-,32-,33-,34+/m0/s1. The van der Waals surface area contributed by atoms with Crippen molar-refractivity contribution in [1.82, 2.24) is 0 Å². The van der Waals surface area contributed by atoms with Gasteiger partial charge in [0.2, 0.25) is 0 Å². The van der Waals surface area contributed by atoms with Gasteiger partial charge in [-0.2, -0.15) is 0 Å². The SMILES string of the molecule is CO[C@]1(CCc2ccccc2)CC[C@@]2(C)C(CC[C@H]3[C@@H]4CC[C@H](O[Si](C)(C)C(C)(C)C)[C@@]4(C)CC[C@@H]32)C1. The first-order valence-electron chi connectivity index (χ1n) is 15.6. The van der Waals surface area contributed by atoms with Gasteiger partial charge in [0.25, 0.3) is 0 Å². The van der Waals surface area contributed by atoms with Crippen molar-refractivity contribution in [2.24, 2.45) is 34.5 Å². The van der Waals surface area contributed by atoms with Crippen LogP contribution in [0.5, 0.6) is 0 Å². The number of ether oxygens (including phenoxy) is 1. The van der Waals surface area contributed by atoms with Crippen LogP contribution >= 0.6 is 0 Å². The Bertz CT molecular complexity index is 937. The van der Waals surface area contributed by atoms with E-state index in [1.54, 1.807) is 0 Å². The first-order chi connectivity index (χ1) is 17.3. The van der Waals surface area contributed by atoms with E-state index >= 15 is 0 Å². The van der Waals surface area contributed by atoms with E-state index in [-0.39, 0.29) is 5.60 Å². The predicted molar refractivity (Wildman–Crippen MR) is 158 cm³/mol. The summed E-state index contributed by atoms with van der Waals surface area (Å²) in [5.74, 6) is 3.50. The molecule has 0 amide bonds. The van der Waals surface area contributed by atoms with Crippen LogP contribution in [0.15, 0.2) is 30.3 Å². The average molecular weight is 525 g/mol. The van der Waals surface area contributed by atoms with E-state index in [1.807, 2.05) is 7.11 Å². The maximum absolute atomic E-state index is 7.17. The van der Waals surface area contributed by atoms with Gasteiger partial charge < -0.3 is 9.16 Å². The molecular formula is C34H56O2Si. The average Bonchev–Trinajstić information content (AvgIpc) is 3.18. The molecule has 1 aromatic rings. The molecule has 2 nitrogen and oxygen atoms in total. The lowest BCUT2D eigenvalue weighted by Crippen LogP contribution is -2.57. The van der Waals surface area contributed by atoms with Gasteiger partial charge in [-0.3, -0.25) is 0 Å². The zero-order chi connectivity index (χ0) is 26.7. The van der Waals surface area contributed by atoms with E-state index in [2.05, 4.69) is 78.0 Å². The van der Waals surface area contributed by atoms with Gasteiger partial charge in [-0.05, 0) is 129 Å². The Kier molecular flexibility index (Phi) is 7.37. The molecule has 0 aromatic heterocycles. The van der Waals surface area contributed by atoms with Crippen LogP contribution in [0.4, 0.5) is 0 Å². The van der Waals surface area contributed by atoms with Crippen molar-refractivity contribution in [2.45, 2.75) is 135 Å². The Morgan fingerprint density at radius 3 is 2.24 bits per heavy atom. The summed E-state index contributed by atoms with van der Waals surface area (Å²) < 4.78 is 13.6. The Balaban J connectivity index is 1.29. The highest BCUT2D eigenvalue weighted by Gasteiger charge is 2.62. The fourth-order valence-electron chi connectivity index (χ4n) is 9.52. The number of fused-ring (bicyclic) bond motifs is 5. The molecule has 0 spiro atoms. The zero-order valence-corrected chi connectivity index (χ0v) is 26.4. The first kappa shape index (κ1) is 27.9. The van der Waals surface area contributed by atoms with Gasteiger partial charge >= 0.3 is 0 Å². The topological polar surface area (TPSA) is 18.5 Å². The minimum absolute atomic E-state index is 0.0749. The monoisotopic (exact) mass is 524 g/mol. The molecule has 0 aliphatic heterocycles. The first-order valence-corrected chi connectivity index (χ1v) is 18.5. The summed E-state index contributed by atoms with van der Waals surface area (Å²) in [4.78, 5) is 0. The molecule has 5 rings (SSSR count). The molecule has 208 valence electrons. The van der Waals surface area contributed by atoms with Gasteiger partial charge in [0, 0.05) is 7.11 Å². The highest BCUT2D eigenvalue weighted by Crippen LogP contribution is 2.68. The summed E-state index contributed by atoms with van der Waals surface area (Å²) in [6, 6.07) is 11.0. The highest BCUT2D eigenvalue weighted by molar-refractivity contribution is 6.74. The van der Waals surface area contributed by atoms with Crippen LogP contribution in [0, 0.1) is 34.5 Å². The lowest BCUT2D eigenvalue weighted by molar-refractivity contribution is -0.163. The lowest BCUT2D eigenvalue weighted by Gasteiger charge is -2.62. The van der Waals surface area contributed by atoms with Gasteiger partial charge in [-0.1, -0.05) is 65.0 Å². The molecule has 1 aromatic carbocycles. The number of rotatable bonds is 6. The minimum atomic E-state index is -1.75. The molecule has 3 heteroatoms. The molecule has 0 heterocycles. The van der Waals surface area contributed by atoms with Crippen LogP contribution in [-0.4, -0.2) is 27.1 Å². The molecule has 1 unspecified atom stereocenters. The van der Waals surface area contributed by atoms with Gasteiger partial charge in [0.05, 0.1) is 11.7 Å². The maximum Gasteiger partial charge on any atom is 0.192 e. The number of aryl methyl sites for hydroxylation is 1. The molecule has 4 saturated carbocycles. The molecule has 0 radical (unpaired) electrons. The molecule has 37 heavy (non-hydrogen) atoms. The van der Waals surface area contributed by atoms with Crippen LogP contribution in [-0.2, 0) is 15.6 Å². The molecule has 0 bridgehead atoms. The molecule has 0 saturated heterocycles. The number of hydrogen-bond donors (Lipinski definition) is 0. The van der Waals surface area contributed by atoms with Crippen molar-refractivity contribution in [3.63, 3.8) is 0 Å². The van der Waals surface area contributed by atoms with Gasteiger partial charge in [-0.15, -0.1) is 0 Å². The summed E-state index contributed by atoms with van der Waals surface area (Å²) in [7, 11) is 0.246. The number of benzene rings is 1. The van der Waals surface area contributed by atoms with Gasteiger partial charge in [-0.25, -0.2) is 0 Å². The van der Waals surface area contributed by atoms with Crippen LogP contribution in [0.3, 0.4) is 0 Å². The maximum atomic E-state index is 7.17. The second-order valence-electron chi connectivity index (χ2n) is 15.7. The van der Waals surface area contributed by atoms with E-state index in [9.17, 15) is 0 Å². The summed E-state index contributed by atoms with van der Waals surface area (Å²) in [6.07, 6.45) is 15.0. The third-order valence-electron chi connectivity index (χ3n) is 13.1. The van der Waals surface area contributed by atoms with Crippen molar-refractivity contribution in [1.29, 1.82) is 0 Å². The fourth-order valence-corrected chi connectivity index (χ4v) is 11.0. The van der Waals surface area contributed by atoms with Crippen molar-refractivity contribution >= 4 is 8.32 Å². The highest BCUT2D eigenvalue weighted by atomic mass is 28.4. The summed E-state index contributed by atoms with van der Waals surface area (Å²) in [6.45, 7) is 17.5. The van der Waals surface area contributed by atoms with E-state index < -0.39 is 8.32 Å². The largest absolute Gasteiger partial charge is 0.413 e. The Hall–Kier alpha value is -0.643. The normalized spacial score (nSPS) is 42.1. The van der Waals surface area contributed by atoms with Crippen LogP contribution < -0.4 is 0 Å². The van der Waals surface area contributed by atoms with Crippen LogP contribution in [0.2, 0.25) is 18.1 Å². The van der Waals surface area contributed by atoms with Crippen molar-refractivity contribution < 1.29 is 9.16 Å². The third kappa shape index (κ3) is 4.82. The smallest absolute Gasteiger partial charge is 0.192 e. The number of hydrogen-bond acceptors (Lipinski definition) is 2. The van der Waals surface area contributed by atoms with Gasteiger partial charge in [0.15, 0.2) is 8.32 Å². The Morgan fingerprint density at radius 1 is 0.865 bits per heavy atom. The van der Waals surface area contributed by atoms with E-state index in [0.29, 0.717) is 22.0 Å². The lowest BCUT2D eigenvalue weighted by atomic mass is 9.44. The molecule has 0 N–H and O–H groups in total. The quantitative estimate of drug-likeness (QED) is 0.345. The molecule has 4 aliphatic rings. The summed E-state index contributed by atoms with van der Waals surface area (Å²) >= 11 is 0. The van der Waals surface area contributed by atoms with Crippen LogP contribution in [0.1, 0.15) is 104 Å². The van der Waals surface area contributed by atoms with Crippen molar-refractivity contribution in [3.8, 4) is 0 Å².